The molecule has 2 rings (SSSR count). The van der Waals surface area contributed by atoms with E-state index in [2.05, 4.69) is 5.32 Å². The number of carbonyl (C=O) groups excluding carboxylic acids is 1. The number of carbonyl (C=O) groups is 2. The van der Waals surface area contributed by atoms with Crippen LogP contribution >= 0.6 is 0 Å². The average molecular weight is 226 g/mol. The number of rotatable bonds is 3. The Labute approximate surface area is 94.8 Å². The molecular weight excluding hydrogens is 208 g/mol. The number of nitrogens with one attached hydrogen (secondary N) is 1. The summed E-state index contributed by atoms with van der Waals surface area (Å²) >= 11 is 0. The molecular formula is C11H18N2O3. The van der Waals surface area contributed by atoms with Gasteiger partial charge in [0.1, 0.15) is 6.04 Å². The second-order valence-corrected chi connectivity index (χ2v) is 4.87. The molecule has 0 spiro atoms. The van der Waals surface area contributed by atoms with Crippen molar-refractivity contribution in [3.05, 3.63) is 0 Å². The van der Waals surface area contributed by atoms with Gasteiger partial charge in [0.25, 0.3) is 0 Å². The maximum atomic E-state index is 11.8. The molecule has 5 heteroatoms. The van der Waals surface area contributed by atoms with Gasteiger partial charge in [-0.2, -0.15) is 0 Å². The van der Waals surface area contributed by atoms with Crippen molar-refractivity contribution in [2.24, 2.45) is 11.8 Å². The molecule has 90 valence electrons. The highest BCUT2D eigenvalue weighted by Gasteiger charge is 2.39. The van der Waals surface area contributed by atoms with Crippen LogP contribution in [0.3, 0.4) is 0 Å². The van der Waals surface area contributed by atoms with E-state index in [0.717, 1.165) is 6.42 Å². The van der Waals surface area contributed by atoms with Crippen molar-refractivity contribution in [2.45, 2.75) is 32.2 Å². The van der Waals surface area contributed by atoms with Gasteiger partial charge in [0.05, 0.1) is 0 Å². The highest BCUT2D eigenvalue weighted by Crippen LogP contribution is 2.28. The lowest BCUT2D eigenvalue weighted by molar-refractivity contribution is -0.142. The predicted molar refractivity (Wildman–Crippen MR) is 58.0 cm³/mol. The van der Waals surface area contributed by atoms with Crippen molar-refractivity contribution < 1.29 is 14.7 Å². The van der Waals surface area contributed by atoms with Crippen molar-refractivity contribution in [1.29, 1.82) is 0 Å². The van der Waals surface area contributed by atoms with Crippen LogP contribution in [0.5, 0.6) is 0 Å². The van der Waals surface area contributed by atoms with E-state index in [-0.39, 0.29) is 11.9 Å². The van der Waals surface area contributed by atoms with Crippen LogP contribution in [-0.4, -0.2) is 41.1 Å². The first kappa shape index (κ1) is 11.2. The summed E-state index contributed by atoms with van der Waals surface area (Å²) in [4.78, 5) is 24.3. The van der Waals surface area contributed by atoms with Crippen molar-refractivity contribution in [3.63, 3.8) is 0 Å². The minimum Gasteiger partial charge on any atom is -0.480 e. The van der Waals surface area contributed by atoms with Crippen LogP contribution in [0.2, 0.25) is 0 Å². The van der Waals surface area contributed by atoms with Crippen molar-refractivity contribution >= 4 is 12.0 Å². The molecule has 1 aliphatic heterocycles. The van der Waals surface area contributed by atoms with Crippen LogP contribution in [0.25, 0.3) is 0 Å². The molecule has 0 bridgehead atoms. The number of hydrogen-bond donors (Lipinski definition) is 2. The molecule has 2 aliphatic rings. The topological polar surface area (TPSA) is 69.6 Å². The Bertz CT molecular complexity index is 302. The summed E-state index contributed by atoms with van der Waals surface area (Å²) in [7, 11) is 0. The number of aliphatic carboxylic acids is 1. The number of carboxylic acid groups (broad SMARTS) is 1. The molecule has 0 aromatic heterocycles. The molecule has 16 heavy (non-hydrogen) atoms. The monoisotopic (exact) mass is 226 g/mol. The largest absolute Gasteiger partial charge is 0.480 e. The van der Waals surface area contributed by atoms with E-state index >= 15 is 0 Å². The van der Waals surface area contributed by atoms with E-state index in [4.69, 9.17) is 5.11 Å². The summed E-state index contributed by atoms with van der Waals surface area (Å²) in [5.41, 5.74) is 0. The van der Waals surface area contributed by atoms with Gasteiger partial charge >= 0.3 is 12.0 Å². The molecule has 2 fully saturated rings. The molecule has 1 saturated heterocycles. The van der Waals surface area contributed by atoms with Gasteiger partial charge in [-0.05, 0) is 31.1 Å². The van der Waals surface area contributed by atoms with E-state index in [1.54, 1.807) is 0 Å². The van der Waals surface area contributed by atoms with Gasteiger partial charge in [-0.25, -0.2) is 9.59 Å². The second kappa shape index (κ2) is 4.31. The third-order valence-corrected chi connectivity index (χ3v) is 3.45. The Morgan fingerprint density at radius 3 is 2.62 bits per heavy atom. The lowest BCUT2D eigenvalue weighted by Crippen LogP contribution is -2.47. The van der Waals surface area contributed by atoms with Crippen LogP contribution in [-0.2, 0) is 4.79 Å². The zero-order valence-corrected chi connectivity index (χ0v) is 9.48. The fraction of sp³-hybridized carbons (Fsp3) is 0.818. The van der Waals surface area contributed by atoms with Gasteiger partial charge in [0, 0.05) is 13.1 Å². The first-order valence-electron chi connectivity index (χ1n) is 5.87. The first-order chi connectivity index (χ1) is 7.59. The maximum Gasteiger partial charge on any atom is 0.326 e. The lowest BCUT2D eigenvalue weighted by atomic mass is 10.0. The van der Waals surface area contributed by atoms with Crippen molar-refractivity contribution in [3.8, 4) is 0 Å². The third-order valence-electron chi connectivity index (χ3n) is 3.45. The fourth-order valence-electron chi connectivity index (χ4n) is 2.21. The number of carboxylic acids is 1. The Morgan fingerprint density at radius 1 is 1.38 bits per heavy atom. The van der Waals surface area contributed by atoms with E-state index in [1.807, 2.05) is 6.92 Å². The van der Waals surface area contributed by atoms with Gasteiger partial charge in [-0.3, -0.25) is 0 Å². The summed E-state index contributed by atoms with van der Waals surface area (Å²) in [5.74, 6) is -0.233. The van der Waals surface area contributed by atoms with Crippen LogP contribution in [0.15, 0.2) is 0 Å². The Hall–Kier alpha value is -1.26. The molecule has 2 unspecified atom stereocenters. The zero-order valence-electron chi connectivity index (χ0n) is 9.48. The number of nitrogens with zero attached hydrogens (tertiary/aromatic N) is 1. The Morgan fingerprint density at radius 2 is 2.06 bits per heavy atom. The molecule has 2 amide bonds. The fourth-order valence-corrected chi connectivity index (χ4v) is 2.21. The Balaban J connectivity index is 1.90. The number of amides is 2. The summed E-state index contributed by atoms with van der Waals surface area (Å²) < 4.78 is 0. The Kier molecular flexibility index (Phi) is 3.03. The maximum absolute atomic E-state index is 11.8. The summed E-state index contributed by atoms with van der Waals surface area (Å²) in [6.45, 7) is 3.12. The van der Waals surface area contributed by atoms with Gasteiger partial charge < -0.3 is 15.3 Å². The summed E-state index contributed by atoms with van der Waals surface area (Å²) in [5, 5.41) is 11.9. The normalized spacial score (nSPS) is 29.2. The minimum absolute atomic E-state index is 0.0455. The molecule has 1 saturated carbocycles. The molecule has 1 heterocycles. The van der Waals surface area contributed by atoms with Crippen LogP contribution < -0.4 is 5.32 Å². The summed E-state index contributed by atoms with van der Waals surface area (Å²) in [6.07, 6.45) is 3.13. The molecule has 1 aliphatic carbocycles. The first-order valence-corrected chi connectivity index (χ1v) is 5.87. The standard InChI is InChI=1S/C11H18N2O3/c1-7-4-5-13(9(7)10(14)15)11(16)12-6-8-2-3-8/h7-9H,2-6H2,1H3,(H,12,16)(H,14,15). The van der Waals surface area contributed by atoms with Crippen LogP contribution in [0.4, 0.5) is 4.79 Å². The second-order valence-electron chi connectivity index (χ2n) is 4.87. The molecule has 0 aromatic carbocycles. The van der Waals surface area contributed by atoms with E-state index < -0.39 is 12.0 Å². The molecule has 2 N–H and O–H groups in total. The molecule has 0 aromatic rings. The number of likely N-dealkylation sites (tertiary alicyclic amines) is 1. The van der Waals surface area contributed by atoms with E-state index in [9.17, 15) is 9.59 Å². The average Bonchev–Trinajstić information content (AvgIpc) is 2.96. The SMILES string of the molecule is CC1CCN(C(=O)NCC2CC2)C1C(=O)O. The quantitative estimate of drug-likeness (QED) is 0.751. The number of hydrogen-bond acceptors (Lipinski definition) is 2. The molecule has 2 atom stereocenters. The van der Waals surface area contributed by atoms with Gasteiger partial charge in [0.2, 0.25) is 0 Å². The third kappa shape index (κ3) is 2.28. The van der Waals surface area contributed by atoms with E-state index in [1.165, 1.54) is 17.7 Å². The smallest absolute Gasteiger partial charge is 0.326 e. The predicted octanol–water partition coefficient (Wildman–Crippen LogP) is 0.901. The van der Waals surface area contributed by atoms with Crippen LogP contribution in [0.1, 0.15) is 26.2 Å². The highest BCUT2D eigenvalue weighted by molar-refractivity contribution is 5.83. The highest BCUT2D eigenvalue weighted by atomic mass is 16.4. The zero-order chi connectivity index (χ0) is 11.7. The van der Waals surface area contributed by atoms with Crippen LogP contribution in [0, 0.1) is 11.8 Å². The number of urea groups is 1. The van der Waals surface area contributed by atoms with E-state index in [0.29, 0.717) is 19.0 Å². The molecule has 0 radical (unpaired) electrons. The van der Waals surface area contributed by atoms with Gasteiger partial charge in [-0.1, -0.05) is 6.92 Å². The lowest BCUT2D eigenvalue weighted by Gasteiger charge is -2.23. The van der Waals surface area contributed by atoms with Gasteiger partial charge in [-0.15, -0.1) is 0 Å². The minimum atomic E-state index is -0.897. The molecule has 5 nitrogen and oxygen atoms in total. The van der Waals surface area contributed by atoms with Gasteiger partial charge in [0.15, 0.2) is 0 Å². The van der Waals surface area contributed by atoms with Crippen molar-refractivity contribution in [2.75, 3.05) is 13.1 Å². The summed E-state index contributed by atoms with van der Waals surface area (Å²) in [6, 6.07) is -0.872. The van der Waals surface area contributed by atoms with Crippen molar-refractivity contribution in [1.82, 2.24) is 10.2 Å².